The molecule has 3 heterocycles. The van der Waals surface area contributed by atoms with Gasteiger partial charge in [-0.3, -0.25) is 14.6 Å². The minimum Gasteiger partial charge on any atom is -0.450 e. The van der Waals surface area contributed by atoms with E-state index in [9.17, 15) is 9.59 Å². The zero-order chi connectivity index (χ0) is 20.0. The van der Waals surface area contributed by atoms with Crippen LogP contribution in [-0.2, 0) is 6.54 Å². The van der Waals surface area contributed by atoms with Gasteiger partial charge in [0.1, 0.15) is 11.6 Å². The topological polar surface area (TPSA) is 63.4 Å². The van der Waals surface area contributed by atoms with Gasteiger partial charge in [0, 0.05) is 17.2 Å². The zero-order valence-electron chi connectivity index (χ0n) is 15.2. The third-order valence-corrected chi connectivity index (χ3v) is 5.58. The highest BCUT2D eigenvalue weighted by molar-refractivity contribution is 9.10. The van der Waals surface area contributed by atoms with Gasteiger partial charge in [-0.1, -0.05) is 52.3 Å². The van der Waals surface area contributed by atoms with Crippen molar-refractivity contribution in [3.8, 4) is 0 Å². The number of carbonyl (C=O) groups excluding carboxylic acids is 1. The van der Waals surface area contributed by atoms with E-state index in [-0.39, 0.29) is 17.1 Å². The summed E-state index contributed by atoms with van der Waals surface area (Å²) in [4.78, 5) is 32.8. The molecular formula is C23H15BrN2O3. The number of hydrogen-bond donors (Lipinski definition) is 0. The van der Waals surface area contributed by atoms with E-state index < -0.39 is 6.04 Å². The van der Waals surface area contributed by atoms with Crippen LogP contribution in [0.4, 0.5) is 0 Å². The first-order valence-corrected chi connectivity index (χ1v) is 9.95. The lowest BCUT2D eigenvalue weighted by molar-refractivity contribution is 0.0712. The van der Waals surface area contributed by atoms with Crippen LogP contribution in [0, 0.1) is 0 Å². The van der Waals surface area contributed by atoms with Crippen molar-refractivity contribution in [2.24, 2.45) is 0 Å². The molecule has 1 atom stereocenters. The van der Waals surface area contributed by atoms with Crippen molar-refractivity contribution in [2.75, 3.05) is 0 Å². The molecule has 5 nitrogen and oxygen atoms in total. The summed E-state index contributed by atoms with van der Waals surface area (Å²) in [6.07, 6.45) is 1.66. The normalized spacial score (nSPS) is 15.7. The van der Waals surface area contributed by atoms with Gasteiger partial charge >= 0.3 is 0 Å². The molecule has 0 aliphatic carbocycles. The molecule has 0 saturated carbocycles. The monoisotopic (exact) mass is 446 g/mol. The van der Waals surface area contributed by atoms with Crippen molar-refractivity contribution in [1.82, 2.24) is 9.88 Å². The second-order valence-corrected chi connectivity index (χ2v) is 7.81. The summed E-state index contributed by atoms with van der Waals surface area (Å²) in [6, 6.07) is 19.8. The lowest BCUT2D eigenvalue weighted by Crippen LogP contribution is -2.29. The predicted molar refractivity (Wildman–Crippen MR) is 113 cm³/mol. The smallest absolute Gasteiger partial charge is 0.291 e. The van der Waals surface area contributed by atoms with Gasteiger partial charge in [0.05, 0.1) is 16.6 Å². The summed E-state index contributed by atoms with van der Waals surface area (Å²) in [5.41, 5.74) is 2.13. The Balaban J connectivity index is 1.74. The van der Waals surface area contributed by atoms with E-state index in [4.69, 9.17) is 4.42 Å². The highest BCUT2D eigenvalue weighted by Crippen LogP contribution is 2.38. The van der Waals surface area contributed by atoms with Crippen molar-refractivity contribution >= 4 is 32.8 Å². The average molecular weight is 447 g/mol. The first kappa shape index (κ1) is 17.8. The lowest BCUT2D eigenvalue weighted by Gasteiger charge is -2.24. The molecule has 6 heteroatoms. The Morgan fingerprint density at radius 2 is 1.79 bits per heavy atom. The SMILES string of the molecule is O=C1c2oc3ccc(Br)cc3c(=O)c2[C@H](c2ccccn2)N1Cc1ccccc1. The molecule has 1 aliphatic heterocycles. The van der Waals surface area contributed by atoms with Crippen LogP contribution in [-0.4, -0.2) is 15.8 Å². The van der Waals surface area contributed by atoms with Crippen molar-refractivity contribution in [3.05, 3.63) is 110 Å². The van der Waals surface area contributed by atoms with Gasteiger partial charge in [-0.25, -0.2) is 0 Å². The number of amides is 1. The highest BCUT2D eigenvalue weighted by atomic mass is 79.9. The van der Waals surface area contributed by atoms with E-state index in [1.165, 1.54) is 0 Å². The number of benzene rings is 2. The first-order valence-electron chi connectivity index (χ1n) is 9.15. The Morgan fingerprint density at radius 3 is 2.55 bits per heavy atom. The van der Waals surface area contributed by atoms with Crippen LogP contribution >= 0.6 is 15.9 Å². The number of halogens is 1. The van der Waals surface area contributed by atoms with Gasteiger partial charge in [-0.05, 0) is 35.9 Å². The fourth-order valence-electron chi connectivity index (χ4n) is 3.78. The van der Waals surface area contributed by atoms with Gasteiger partial charge in [-0.15, -0.1) is 0 Å². The van der Waals surface area contributed by atoms with Crippen molar-refractivity contribution in [1.29, 1.82) is 0 Å². The fraction of sp³-hybridized carbons (Fsp3) is 0.0870. The number of carbonyl (C=O) groups is 1. The molecule has 1 aliphatic rings. The molecule has 0 radical (unpaired) electrons. The summed E-state index contributed by atoms with van der Waals surface area (Å²) in [6.45, 7) is 0.352. The van der Waals surface area contributed by atoms with Crippen LogP contribution in [0.2, 0.25) is 0 Å². The Bertz CT molecular complexity index is 1290. The maximum absolute atomic E-state index is 13.4. The number of hydrogen-bond acceptors (Lipinski definition) is 4. The summed E-state index contributed by atoms with van der Waals surface area (Å²) in [5, 5.41) is 0.438. The molecule has 0 spiro atoms. The van der Waals surface area contributed by atoms with Crippen molar-refractivity contribution in [2.45, 2.75) is 12.6 Å². The predicted octanol–water partition coefficient (Wildman–Crippen LogP) is 4.70. The van der Waals surface area contributed by atoms with Gasteiger partial charge in [0.2, 0.25) is 5.76 Å². The van der Waals surface area contributed by atoms with Crippen molar-refractivity contribution in [3.63, 3.8) is 0 Å². The van der Waals surface area contributed by atoms with Gasteiger partial charge < -0.3 is 9.32 Å². The fourth-order valence-corrected chi connectivity index (χ4v) is 4.14. The number of fused-ring (bicyclic) bond motifs is 2. The van der Waals surface area contributed by atoms with Gasteiger partial charge in [-0.2, -0.15) is 0 Å². The molecule has 0 N–H and O–H groups in total. The Labute approximate surface area is 174 Å². The zero-order valence-corrected chi connectivity index (χ0v) is 16.8. The minimum absolute atomic E-state index is 0.0939. The largest absolute Gasteiger partial charge is 0.450 e. The minimum atomic E-state index is -0.599. The summed E-state index contributed by atoms with van der Waals surface area (Å²) in [7, 11) is 0. The third-order valence-electron chi connectivity index (χ3n) is 5.09. The molecule has 142 valence electrons. The average Bonchev–Trinajstić information content (AvgIpc) is 3.02. The van der Waals surface area contributed by atoms with Crippen LogP contribution in [0.5, 0.6) is 0 Å². The highest BCUT2D eigenvalue weighted by Gasteiger charge is 2.43. The maximum atomic E-state index is 13.4. The van der Waals surface area contributed by atoms with E-state index in [0.29, 0.717) is 28.8 Å². The summed E-state index contributed by atoms with van der Waals surface area (Å²) >= 11 is 3.40. The number of rotatable bonds is 3. The van der Waals surface area contributed by atoms with E-state index in [1.54, 1.807) is 29.3 Å². The van der Waals surface area contributed by atoms with Crippen LogP contribution in [0.1, 0.15) is 33.4 Å². The Hall–Kier alpha value is -3.25. The standard InChI is InChI=1S/C23H15BrN2O3/c24-15-9-10-18-16(12-15)21(27)19-20(17-8-4-5-11-25-17)26(23(28)22(19)29-18)13-14-6-2-1-3-7-14/h1-12,20H,13H2/t20-/m0/s1. The molecule has 2 aromatic heterocycles. The number of nitrogens with zero attached hydrogens (tertiary/aromatic N) is 2. The quantitative estimate of drug-likeness (QED) is 0.457. The summed E-state index contributed by atoms with van der Waals surface area (Å²) < 4.78 is 6.71. The van der Waals surface area contributed by atoms with Gasteiger partial charge in [0.25, 0.3) is 5.91 Å². The molecule has 2 aromatic carbocycles. The molecule has 0 fully saturated rings. The van der Waals surface area contributed by atoms with Crippen LogP contribution in [0.25, 0.3) is 11.0 Å². The first-order chi connectivity index (χ1) is 14.1. The van der Waals surface area contributed by atoms with Crippen LogP contribution < -0.4 is 5.43 Å². The molecule has 0 saturated heterocycles. The Kier molecular flexibility index (Phi) is 4.28. The molecule has 4 aromatic rings. The van der Waals surface area contributed by atoms with E-state index in [0.717, 1.165) is 10.0 Å². The molecule has 29 heavy (non-hydrogen) atoms. The van der Waals surface area contributed by atoms with Crippen LogP contribution in [0.3, 0.4) is 0 Å². The van der Waals surface area contributed by atoms with E-state index in [2.05, 4.69) is 20.9 Å². The second kappa shape index (κ2) is 6.97. The van der Waals surface area contributed by atoms with Crippen molar-refractivity contribution < 1.29 is 9.21 Å². The van der Waals surface area contributed by atoms with Gasteiger partial charge in [0.15, 0.2) is 5.43 Å². The molecule has 0 bridgehead atoms. The Morgan fingerprint density at radius 1 is 1.00 bits per heavy atom. The maximum Gasteiger partial charge on any atom is 0.291 e. The molecule has 1 amide bonds. The third kappa shape index (κ3) is 2.96. The second-order valence-electron chi connectivity index (χ2n) is 6.89. The molecule has 0 unspecified atom stereocenters. The lowest BCUT2D eigenvalue weighted by atomic mass is 10.0. The molecular weight excluding hydrogens is 432 g/mol. The number of pyridine rings is 1. The van der Waals surface area contributed by atoms with E-state index >= 15 is 0 Å². The molecule has 5 rings (SSSR count). The number of aromatic nitrogens is 1. The van der Waals surface area contributed by atoms with Crippen LogP contribution in [0.15, 0.2) is 86.6 Å². The summed E-state index contributed by atoms with van der Waals surface area (Å²) in [5.74, 6) is -0.210. The van der Waals surface area contributed by atoms with E-state index in [1.807, 2.05) is 48.5 Å².